The van der Waals surface area contributed by atoms with Gasteiger partial charge in [0.15, 0.2) is 5.69 Å². The van der Waals surface area contributed by atoms with E-state index in [1.54, 1.807) is 13.0 Å². The van der Waals surface area contributed by atoms with Crippen molar-refractivity contribution < 1.29 is 13.9 Å². The minimum Gasteiger partial charge on any atom is -0.464 e. The molecule has 0 radical (unpaired) electrons. The summed E-state index contributed by atoms with van der Waals surface area (Å²) < 4.78 is 18.5. The fourth-order valence-corrected chi connectivity index (χ4v) is 2.00. The summed E-state index contributed by atoms with van der Waals surface area (Å²) >= 11 is 3.31. The minimum atomic E-state index is -0.525. The molecular weight excluding hydrogens is 303 g/mol. The Kier molecular flexibility index (Phi) is 3.47. The fourth-order valence-electron chi connectivity index (χ4n) is 1.56. The molecule has 2 rings (SSSR count). The van der Waals surface area contributed by atoms with Crippen LogP contribution in [0.4, 0.5) is 4.39 Å². The lowest BCUT2D eigenvalue weighted by molar-refractivity contribution is 0.0594. The quantitative estimate of drug-likeness (QED) is 0.867. The van der Waals surface area contributed by atoms with Crippen LogP contribution in [-0.4, -0.2) is 23.0 Å². The summed E-state index contributed by atoms with van der Waals surface area (Å²) in [6.07, 6.45) is 0. The maximum Gasteiger partial charge on any atom is 0.358 e. The van der Waals surface area contributed by atoms with Crippen LogP contribution in [0.15, 0.2) is 22.7 Å². The van der Waals surface area contributed by atoms with E-state index in [4.69, 9.17) is 0 Å². The van der Waals surface area contributed by atoms with Gasteiger partial charge < -0.3 is 9.72 Å². The first-order chi connectivity index (χ1) is 8.52. The van der Waals surface area contributed by atoms with Crippen molar-refractivity contribution in [1.82, 2.24) is 9.97 Å². The van der Waals surface area contributed by atoms with E-state index < -0.39 is 5.97 Å². The third-order valence-electron chi connectivity index (χ3n) is 2.45. The molecule has 1 aromatic carbocycles. The van der Waals surface area contributed by atoms with Crippen LogP contribution in [0, 0.1) is 12.7 Å². The number of imidazole rings is 1. The highest BCUT2D eigenvalue weighted by Gasteiger charge is 2.17. The van der Waals surface area contributed by atoms with Crippen LogP contribution in [0.2, 0.25) is 0 Å². The van der Waals surface area contributed by atoms with Crippen molar-refractivity contribution >= 4 is 21.9 Å². The molecule has 1 N–H and O–H groups in total. The Bertz CT molecular complexity index is 610. The van der Waals surface area contributed by atoms with Gasteiger partial charge in [-0.05, 0) is 25.1 Å². The molecule has 0 saturated carbocycles. The number of methoxy groups -OCH3 is 1. The van der Waals surface area contributed by atoms with Gasteiger partial charge in [-0.15, -0.1) is 0 Å². The Balaban J connectivity index is 2.52. The molecule has 1 aromatic heterocycles. The van der Waals surface area contributed by atoms with Gasteiger partial charge in [-0.1, -0.05) is 15.9 Å². The zero-order valence-corrected chi connectivity index (χ0v) is 11.3. The van der Waals surface area contributed by atoms with Crippen LogP contribution in [0.1, 0.15) is 16.2 Å². The Morgan fingerprint density at radius 2 is 2.22 bits per heavy atom. The normalized spacial score (nSPS) is 10.4. The Morgan fingerprint density at radius 3 is 2.89 bits per heavy atom. The number of carbonyl (C=O) groups is 1. The number of aryl methyl sites for hydroxylation is 1. The molecule has 0 fully saturated rings. The number of aromatic amines is 1. The SMILES string of the molecule is COC(=O)c1nc(-c2cc(F)ccc2Br)[nH]c1C. The standard InChI is InChI=1S/C12H10BrFN2O2/c1-6-10(12(17)18-2)16-11(15-6)8-5-7(14)3-4-9(8)13/h3-5H,1-2H3,(H,15,16). The van der Waals surface area contributed by atoms with Crippen molar-refractivity contribution in [2.75, 3.05) is 7.11 Å². The Hall–Kier alpha value is -1.69. The van der Waals surface area contributed by atoms with Crippen molar-refractivity contribution in [2.45, 2.75) is 6.92 Å². The highest BCUT2D eigenvalue weighted by Crippen LogP contribution is 2.27. The first kappa shape index (κ1) is 12.8. The Labute approximate surface area is 111 Å². The van der Waals surface area contributed by atoms with Gasteiger partial charge in [-0.3, -0.25) is 0 Å². The van der Waals surface area contributed by atoms with Gasteiger partial charge in [-0.2, -0.15) is 0 Å². The highest BCUT2D eigenvalue weighted by atomic mass is 79.9. The number of hydrogen-bond donors (Lipinski definition) is 1. The Morgan fingerprint density at radius 1 is 1.50 bits per heavy atom. The van der Waals surface area contributed by atoms with E-state index in [1.165, 1.54) is 19.2 Å². The van der Waals surface area contributed by atoms with E-state index in [-0.39, 0.29) is 11.5 Å². The number of carbonyl (C=O) groups excluding carboxylic acids is 1. The van der Waals surface area contributed by atoms with Crippen molar-refractivity contribution in [2.24, 2.45) is 0 Å². The fraction of sp³-hybridized carbons (Fsp3) is 0.167. The van der Waals surface area contributed by atoms with Crippen LogP contribution in [0.5, 0.6) is 0 Å². The number of hydrogen-bond acceptors (Lipinski definition) is 3. The summed E-state index contributed by atoms with van der Waals surface area (Å²) in [5.74, 6) is -0.483. The second kappa shape index (κ2) is 4.89. The maximum atomic E-state index is 13.2. The van der Waals surface area contributed by atoms with Gasteiger partial charge in [0.05, 0.1) is 7.11 Å². The number of esters is 1. The molecule has 0 aliphatic carbocycles. The average Bonchev–Trinajstić information content (AvgIpc) is 2.73. The van der Waals surface area contributed by atoms with Crippen molar-refractivity contribution in [1.29, 1.82) is 0 Å². The van der Waals surface area contributed by atoms with Gasteiger partial charge in [0.2, 0.25) is 0 Å². The van der Waals surface area contributed by atoms with Gasteiger partial charge in [-0.25, -0.2) is 14.2 Å². The molecule has 94 valence electrons. The van der Waals surface area contributed by atoms with Crippen LogP contribution in [0.3, 0.4) is 0 Å². The smallest absolute Gasteiger partial charge is 0.358 e. The number of aromatic nitrogens is 2. The topological polar surface area (TPSA) is 55.0 Å². The molecular formula is C12H10BrFN2O2. The van der Waals surface area contributed by atoms with E-state index in [2.05, 4.69) is 30.6 Å². The lowest BCUT2D eigenvalue weighted by Crippen LogP contribution is -2.03. The van der Waals surface area contributed by atoms with E-state index in [0.717, 1.165) is 0 Å². The molecule has 0 saturated heterocycles. The predicted octanol–water partition coefficient (Wildman–Crippen LogP) is 3.07. The van der Waals surface area contributed by atoms with E-state index in [9.17, 15) is 9.18 Å². The van der Waals surface area contributed by atoms with Crippen molar-refractivity contribution in [3.05, 3.63) is 39.9 Å². The molecule has 0 unspecified atom stereocenters. The molecule has 4 nitrogen and oxygen atoms in total. The van der Waals surface area contributed by atoms with Crippen LogP contribution < -0.4 is 0 Å². The van der Waals surface area contributed by atoms with Crippen LogP contribution in [0.25, 0.3) is 11.4 Å². The lowest BCUT2D eigenvalue weighted by Gasteiger charge is -2.00. The summed E-state index contributed by atoms with van der Waals surface area (Å²) in [7, 11) is 1.29. The zero-order valence-electron chi connectivity index (χ0n) is 9.75. The molecule has 0 amide bonds. The molecule has 0 spiro atoms. The van der Waals surface area contributed by atoms with E-state index in [1.807, 2.05) is 0 Å². The number of nitrogens with one attached hydrogen (secondary N) is 1. The van der Waals surface area contributed by atoms with Crippen LogP contribution in [-0.2, 0) is 4.74 Å². The summed E-state index contributed by atoms with van der Waals surface area (Å²) in [5.41, 5.74) is 1.32. The van der Waals surface area contributed by atoms with Crippen molar-refractivity contribution in [3.8, 4) is 11.4 Å². The number of benzene rings is 1. The van der Waals surface area contributed by atoms with Gasteiger partial charge in [0, 0.05) is 15.7 Å². The lowest BCUT2D eigenvalue weighted by atomic mass is 10.2. The molecule has 0 atom stereocenters. The first-order valence-electron chi connectivity index (χ1n) is 5.13. The molecule has 0 aliphatic heterocycles. The second-order valence-electron chi connectivity index (χ2n) is 3.67. The molecule has 6 heteroatoms. The molecule has 0 bridgehead atoms. The summed E-state index contributed by atoms with van der Waals surface area (Å²) in [4.78, 5) is 18.5. The molecule has 2 aromatic rings. The minimum absolute atomic E-state index is 0.198. The van der Waals surface area contributed by atoms with Gasteiger partial charge >= 0.3 is 5.97 Å². The average molecular weight is 313 g/mol. The third kappa shape index (κ3) is 2.28. The first-order valence-corrected chi connectivity index (χ1v) is 5.92. The largest absolute Gasteiger partial charge is 0.464 e. The van der Waals surface area contributed by atoms with E-state index >= 15 is 0 Å². The summed E-state index contributed by atoms with van der Waals surface area (Å²) in [6, 6.07) is 4.26. The number of halogens is 2. The number of H-pyrrole nitrogens is 1. The number of nitrogens with zero attached hydrogens (tertiary/aromatic N) is 1. The predicted molar refractivity (Wildman–Crippen MR) is 67.8 cm³/mol. The summed E-state index contributed by atoms with van der Waals surface area (Å²) in [6.45, 7) is 1.70. The highest BCUT2D eigenvalue weighted by molar-refractivity contribution is 9.10. The van der Waals surface area contributed by atoms with Crippen molar-refractivity contribution in [3.63, 3.8) is 0 Å². The molecule has 18 heavy (non-hydrogen) atoms. The monoisotopic (exact) mass is 312 g/mol. The second-order valence-corrected chi connectivity index (χ2v) is 4.53. The molecule has 1 heterocycles. The number of rotatable bonds is 2. The van der Waals surface area contributed by atoms with E-state index in [0.29, 0.717) is 21.6 Å². The zero-order chi connectivity index (χ0) is 13.3. The van der Waals surface area contributed by atoms with Gasteiger partial charge in [0.25, 0.3) is 0 Å². The molecule has 0 aliphatic rings. The van der Waals surface area contributed by atoms with Crippen LogP contribution >= 0.6 is 15.9 Å². The summed E-state index contributed by atoms with van der Waals surface area (Å²) in [5, 5.41) is 0. The van der Waals surface area contributed by atoms with Gasteiger partial charge in [0.1, 0.15) is 11.6 Å². The maximum absolute atomic E-state index is 13.2. The third-order valence-corrected chi connectivity index (χ3v) is 3.14. The number of ether oxygens (including phenoxy) is 1.